The van der Waals surface area contributed by atoms with Crippen molar-refractivity contribution in [3.8, 4) is 0 Å². The average molecular weight is 243 g/mol. The Morgan fingerprint density at radius 3 is 2.59 bits per heavy atom. The standard InChI is InChI=1S/C10H7F2NO4/c1-17-10(14)3-2-6-4-8(12)9(13(15)16)5-7(6)11/h2-5H,1H3. The van der Waals surface area contributed by atoms with Gasteiger partial charge in [-0.1, -0.05) is 0 Å². The number of nitro groups is 1. The molecule has 1 rings (SSSR count). The summed E-state index contributed by atoms with van der Waals surface area (Å²) in [5.41, 5.74) is -1.24. The second-order valence-corrected chi connectivity index (χ2v) is 2.94. The van der Waals surface area contributed by atoms with Crippen LogP contribution in [-0.2, 0) is 9.53 Å². The minimum absolute atomic E-state index is 0.279. The fourth-order valence-corrected chi connectivity index (χ4v) is 1.05. The van der Waals surface area contributed by atoms with Crippen LogP contribution in [0, 0.1) is 21.7 Å². The number of hydrogen-bond donors (Lipinski definition) is 0. The third kappa shape index (κ3) is 3.07. The van der Waals surface area contributed by atoms with E-state index >= 15 is 0 Å². The van der Waals surface area contributed by atoms with Gasteiger partial charge in [0.15, 0.2) is 0 Å². The molecule has 0 aromatic heterocycles. The largest absolute Gasteiger partial charge is 0.466 e. The molecule has 0 fully saturated rings. The van der Waals surface area contributed by atoms with Crippen molar-refractivity contribution in [2.24, 2.45) is 0 Å². The van der Waals surface area contributed by atoms with E-state index in [0.717, 1.165) is 19.3 Å². The number of esters is 1. The summed E-state index contributed by atoms with van der Waals surface area (Å²) < 4.78 is 30.7. The quantitative estimate of drug-likeness (QED) is 0.352. The fourth-order valence-electron chi connectivity index (χ4n) is 1.05. The zero-order valence-corrected chi connectivity index (χ0v) is 8.65. The van der Waals surface area contributed by atoms with Crippen LogP contribution in [0.25, 0.3) is 6.08 Å². The minimum Gasteiger partial charge on any atom is -0.466 e. The van der Waals surface area contributed by atoms with E-state index in [1.165, 1.54) is 0 Å². The van der Waals surface area contributed by atoms with Crippen molar-refractivity contribution in [1.29, 1.82) is 0 Å². The van der Waals surface area contributed by atoms with Gasteiger partial charge in [-0.15, -0.1) is 0 Å². The van der Waals surface area contributed by atoms with Crippen molar-refractivity contribution in [3.05, 3.63) is 45.5 Å². The Morgan fingerprint density at radius 2 is 2.06 bits per heavy atom. The van der Waals surface area contributed by atoms with Crippen LogP contribution < -0.4 is 0 Å². The number of nitro benzene ring substituents is 1. The predicted molar refractivity (Wildman–Crippen MR) is 54.1 cm³/mol. The molecule has 7 heteroatoms. The van der Waals surface area contributed by atoms with E-state index in [4.69, 9.17) is 0 Å². The lowest BCUT2D eigenvalue weighted by Gasteiger charge is -1.98. The lowest BCUT2D eigenvalue weighted by Crippen LogP contribution is -1.97. The number of ether oxygens (including phenoxy) is 1. The topological polar surface area (TPSA) is 69.4 Å². The molecule has 0 radical (unpaired) electrons. The predicted octanol–water partition coefficient (Wildman–Crippen LogP) is 2.06. The Hall–Kier alpha value is -2.31. The van der Waals surface area contributed by atoms with Gasteiger partial charge in [-0.25, -0.2) is 9.18 Å². The van der Waals surface area contributed by atoms with Crippen LogP contribution in [0.1, 0.15) is 5.56 Å². The maximum Gasteiger partial charge on any atom is 0.330 e. The molecule has 0 aliphatic carbocycles. The van der Waals surface area contributed by atoms with Gasteiger partial charge in [0.2, 0.25) is 5.82 Å². The molecule has 0 N–H and O–H groups in total. The number of rotatable bonds is 3. The van der Waals surface area contributed by atoms with Gasteiger partial charge < -0.3 is 4.74 Å². The Labute approximate surface area is 94.5 Å². The molecule has 0 heterocycles. The summed E-state index contributed by atoms with van der Waals surface area (Å²) in [7, 11) is 1.12. The van der Waals surface area contributed by atoms with Crippen LogP contribution in [0.4, 0.5) is 14.5 Å². The molecule has 0 spiro atoms. The van der Waals surface area contributed by atoms with Crippen LogP contribution in [0.5, 0.6) is 0 Å². The average Bonchev–Trinajstić information content (AvgIpc) is 2.28. The van der Waals surface area contributed by atoms with Crippen molar-refractivity contribution < 1.29 is 23.2 Å². The highest BCUT2D eigenvalue weighted by Crippen LogP contribution is 2.22. The summed E-state index contributed by atoms with van der Waals surface area (Å²) in [4.78, 5) is 20.0. The monoisotopic (exact) mass is 243 g/mol. The molecule has 17 heavy (non-hydrogen) atoms. The minimum atomic E-state index is -1.18. The van der Waals surface area contributed by atoms with E-state index in [1.807, 2.05) is 0 Å². The van der Waals surface area contributed by atoms with Crippen molar-refractivity contribution in [3.63, 3.8) is 0 Å². The third-order valence-electron chi connectivity index (χ3n) is 1.86. The number of methoxy groups -OCH3 is 1. The smallest absolute Gasteiger partial charge is 0.330 e. The van der Waals surface area contributed by atoms with Crippen molar-refractivity contribution >= 4 is 17.7 Å². The zero-order valence-electron chi connectivity index (χ0n) is 8.65. The maximum absolute atomic E-state index is 13.3. The van der Waals surface area contributed by atoms with Gasteiger partial charge in [0, 0.05) is 11.6 Å². The van der Waals surface area contributed by atoms with E-state index < -0.39 is 28.2 Å². The van der Waals surface area contributed by atoms with E-state index in [-0.39, 0.29) is 5.56 Å². The molecule has 0 saturated carbocycles. The molecule has 0 aliphatic heterocycles. The van der Waals surface area contributed by atoms with Crippen molar-refractivity contribution in [2.75, 3.05) is 7.11 Å². The molecule has 0 saturated heterocycles. The van der Waals surface area contributed by atoms with Crippen molar-refractivity contribution in [1.82, 2.24) is 0 Å². The van der Waals surface area contributed by atoms with E-state index in [2.05, 4.69) is 4.74 Å². The number of carbonyl (C=O) groups excluding carboxylic acids is 1. The molecule has 5 nitrogen and oxygen atoms in total. The summed E-state index contributed by atoms with van der Waals surface area (Å²) in [5, 5.41) is 10.3. The van der Waals surface area contributed by atoms with E-state index in [9.17, 15) is 23.7 Å². The first-order valence-electron chi connectivity index (χ1n) is 4.35. The Morgan fingerprint density at radius 1 is 1.41 bits per heavy atom. The first-order chi connectivity index (χ1) is 7.95. The molecule has 0 amide bonds. The first kappa shape index (κ1) is 12.8. The van der Waals surface area contributed by atoms with Gasteiger partial charge in [-0.05, 0) is 12.1 Å². The summed E-state index contributed by atoms with van der Waals surface area (Å²) in [6.45, 7) is 0. The van der Waals surface area contributed by atoms with E-state index in [0.29, 0.717) is 12.1 Å². The van der Waals surface area contributed by atoms with Crippen LogP contribution in [-0.4, -0.2) is 18.0 Å². The molecule has 90 valence electrons. The molecule has 1 aromatic carbocycles. The summed E-state index contributed by atoms with van der Waals surface area (Å²) in [6, 6.07) is 1.08. The number of halogens is 2. The Balaban J connectivity index is 3.12. The van der Waals surface area contributed by atoms with Crippen LogP contribution >= 0.6 is 0 Å². The van der Waals surface area contributed by atoms with E-state index in [1.54, 1.807) is 0 Å². The number of nitrogens with zero attached hydrogens (tertiary/aromatic N) is 1. The Kier molecular flexibility index (Phi) is 3.86. The lowest BCUT2D eigenvalue weighted by atomic mass is 10.1. The molecular formula is C10H7F2NO4. The highest BCUT2D eigenvalue weighted by atomic mass is 19.1. The molecule has 0 aliphatic rings. The van der Waals surface area contributed by atoms with Gasteiger partial charge in [0.05, 0.1) is 18.1 Å². The Bertz CT molecular complexity index is 499. The molecule has 1 aromatic rings. The zero-order chi connectivity index (χ0) is 13.0. The highest BCUT2D eigenvalue weighted by molar-refractivity contribution is 5.87. The molecule has 0 bridgehead atoms. The van der Waals surface area contributed by atoms with Gasteiger partial charge in [-0.2, -0.15) is 4.39 Å². The second kappa shape index (κ2) is 5.15. The number of hydrogen-bond acceptors (Lipinski definition) is 4. The summed E-state index contributed by atoms with van der Waals surface area (Å²) >= 11 is 0. The summed E-state index contributed by atoms with van der Waals surface area (Å²) in [5.74, 6) is -2.93. The first-order valence-corrected chi connectivity index (χ1v) is 4.35. The maximum atomic E-state index is 13.3. The molecule has 0 atom stereocenters. The fraction of sp³-hybridized carbons (Fsp3) is 0.100. The molecular weight excluding hydrogens is 236 g/mol. The summed E-state index contributed by atoms with van der Waals surface area (Å²) in [6.07, 6.45) is 1.84. The lowest BCUT2D eigenvalue weighted by molar-refractivity contribution is -0.387. The SMILES string of the molecule is COC(=O)C=Cc1cc(F)c([N+](=O)[O-])cc1F. The number of carbonyl (C=O) groups is 1. The molecule has 0 unspecified atom stereocenters. The third-order valence-corrected chi connectivity index (χ3v) is 1.86. The second-order valence-electron chi connectivity index (χ2n) is 2.94. The van der Waals surface area contributed by atoms with Gasteiger partial charge in [0.1, 0.15) is 5.82 Å². The normalized spacial score (nSPS) is 10.5. The van der Waals surface area contributed by atoms with Crippen molar-refractivity contribution in [2.45, 2.75) is 0 Å². The van der Waals surface area contributed by atoms with Gasteiger partial charge in [0.25, 0.3) is 0 Å². The van der Waals surface area contributed by atoms with Crippen LogP contribution in [0.15, 0.2) is 18.2 Å². The van der Waals surface area contributed by atoms with Gasteiger partial charge >= 0.3 is 11.7 Å². The highest BCUT2D eigenvalue weighted by Gasteiger charge is 2.17. The van der Waals surface area contributed by atoms with Gasteiger partial charge in [-0.3, -0.25) is 10.1 Å². The van der Waals surface area contributed by atoms with Crippen LogP contribution in [0.3, 0.4) is 0 Å². The number of benzene rings is 1. The van der Waals surface area contributed by atoms with Crippen LogP contribution in [0.2, 0.25) is 0 Å².